The maximum absolute atomic E-state index is 12.7. The lowest BCUT2D eigenvalue weighted by Crippen LogP contribution is -2.49. The van der Waals surface area contributed by atoms with E-state index in [4.69, 9.17) is 4.42 Å². The fourth-order valence-electron chi connectivity index (χ4n) is 4.33. The summed E-state index contributed by atoms with van der Waals surface area (Å²) in [6.07, 6.45) is 0.781. The number of carbonyl (C=O) groups excluding carboxylic acids is 3. The third kappa shape index (κ3) is 4.47. The molecule has 0 spiro atoms. The number of aromatic nitrogens is 2. The van der Waals surface area contributed by atoms with Crippen LogP contribution in [0.3, 0.4) is 0 Å². The number of fused-ring (bicyclic) bond motifs is 1. The largest absolute Gasteiger partial charge is 0.421 e. The van der Waals surface area contributed by atoms with Crippen molar-refractivity contribution in [3.05, 3.63) is 71.6 Å². The molecular weight excluding hydrogens is 434 g/mol. The van der Waals surface area contributed by atoms with Gasteiger partial charge in [-0.2, -0.15) is 0 Å². The van der Waals surface area contributed by atoms with Crippen LogP contribution in [0.1, 0.15) is 33.0 Å². The molecule has 0 radical (unpaired) electrons. The van der Waals surface area contributed by atoms with Crippen molar-refractivity contribution in [2.75, 3.05) is 39.3 Å². The van der Waals surface area contributed by atoms with Gasteiger partial charge in [-0.15, -0.1) is 10.2 Å². The molecule has 0 unspecified atom stereocenters. The zero-order valence-electron chi connectivity index (χ0n) is 18.7. The summed E-state index contributed by atoms with van der Waals surface area (Å²) in [7, 11) is 0. The molecule has 5 rings (SSSR count). The van der Waals surface area contributed by atoms with E-state index in [1.807, 2.05) is 30.3 Å². The molecule has 2 aliphatic heterocycles. The van der Waals surface area contributed by atoms with Gasteiger partial charge in [0.15, 0.2) is 0 Å². The second-order valence-electron chi connectivity index (χ2n) is 8.40. The SMILES string of the molecule is O=C(CCN1C(=O)c2ccccc2C1=O)N1CCN(CCc2nnc(-c3ccccc3)o2)CC1. The predicted molar refractivity (Wildman–Crippen MR) is 123 cm³/mol. The zero-order valence-corrected chi connectivity index (χ0v) is 18.7. The lowest BCUT2D eigenvalue weighted by molar-refractivity contribution is -0.133. The van der Waals surface area contributed by atoms with E-state index in [1.54, 1.807) is 29.2 Å². The fraction of sp³-hybridized carbons (Fsp3) is 0.320. The molecule has 0 N–H and O–H groups in total. The summed E-state index contributed by atoms with van der Waals surface area (Å²) in [6.45, 7) is 3.59. The second-order valence-corrected chi connectivity index (χ2v) is 8.40. The van der Waals surface area contributed by atoms with Crippen molar-refractivity contribution in [2.24, 2.45) is 0 Å². The van der Waals surface area contributed by atoms with E-state index < -0.39 is 0 Å². The summed E-state index contributed by atoms with van der Waals surface area (Å²) in [5.41, 5.74) is 1.71. The van der Waals surface area contributed by atoms with Crippen molar-refractivity contribution in [3.63, 3.8) is 0 Å². The topological polar surface area (TPSA) is 99.9 Å². The third-order valence-electron chi connectivity index (χ3n) is 6.28. The monoisotopic (exact) mass is 459 g/mol. The predicted octanol–water partition coefficient (Wildman–Crippen LogP) is 2.11. The van der Waals surface area contributed by atoms with Gasteiger partial charge in [0, 0.05) is 57.7 Å². The van der Waals surface area contributed by atoms with Gasteiger partial charge in [-0.1, -0.05) is 30.3 Å². The Morgan fingerprint density at radius 3 is 2.15 bits per heavy atom. The van der Waals surface area contributed by atoms with E-state index in [1.165, 1.54) is 4.90 Å². The molecule has 0 atom stereocenters. The second kappa shape index (κ2) is 9.56. The average molecular weight is 460 g/mol. The number of carbonyl (C=O) groups is 3. The van der Waals surface area contributed by atoms with Gasteiger partial charge in [0.2, 0.25) is 17.7 Å². The Kier molecular flexibility index (Phi) is 6.18. The number of amides is 3. The molecule has 9 heteroatoms. The number of hydrogen-bond donors (Lipinski definition) is 0. The van der Waals surface area contributed by atoms with E-state index in [0.29, 0.717) is 42.4 Å². The van der Waals surface area contributed by atoms with E-state index in [9.17, 15) is 14.4 Å². The number of piperazine rings is 1. The Morgan fingerprint density at radius 1 is 0.824 bits per heavy atom. The van der Waals surface area contributed by atoms with Crippen LogP contribution < -0.4 is 0 Å². The van der Waals surface area contributed by atoms with Crippen molar-refractivity contribution in [1.29, 1.82) is 0 Å². The van der Waals surface area contributed by atoms with Crippen LogP contribution in [0.25, 0.3) is 11.5 Å². The quantitative estimate of drug-likeness (QED) is 0.499. The molecule has 3 aromatic rings. The highest BCUT2D eigenvalue weighted by Crippen LogP contribution is 2.23. The number of hydrogen-bond acceptors (Lipinski definition) is 7. The smallest absolute Gasteiger partial charge is 0.261 e. The molecule has 3 amide bonds. The Bertz CT molecular complexity index is 1170. The van der Waals surface area contributed by atoms with Gasteiger partial charge in [0.25, 0.3) is 11.8 Å². The van der Waals surface area contributed by atoms with Crippen molar-refractivity contribution >= 4 is 17.7 Å². The number of nitrogens with zero attached hydrogens (tertiary/aromatic N) is 5. The summed E-state index contributed by atoms with van der Waals surface area (Å²) in [5.74, 6) is 0.423. The highest BCUT2D eigenvalue weighted by atomic mass is 16.4. The first-order valence-electron chi connectivity index (χ1n) is 11.4. The number of imide groups is 1. The van der Waals surface area contributed by atoms with E-state index >= 15 is 0 Å². The Balaban J connectivity index is 1.06. The Labute approximate surface area is 197 Å². The molecular formula is C25H25N5O4. The maximum Gasteiger partial charge on any atom is 0.261 e. The van der Waals surface area contributed by atoms with E-state index in [0.717, 1.165) is 25.2 Å². The molecule has 1 saturated heterocycles. The molecule has 2 aliphatic rings. The minimum Gasteiger partial charge on any atom is -0.421 e. The molecule has 174 valence electrons. The molecule has 0 aliphatic carbocycles. The molecule has 2 aromatic carbocycles. The molecule has 9 nitrogen and oxygen atoms in total. The highest BCUT2D eigenvalue weighted by Gasteiger charge is 2.35. The normalized spacial score (nSPS) is 16.2. The van der Waals surface area contributed by atoms with Crippen LogP contribution >= 0.6 is 0 Å². The van der Waals surface area contributed by atoms with Gasteiger partial charge in [-0.05, 0) is 24.3 Å². The summed E-state index contributed by atoms with van der Waals surface area (Å²) in [6, 6.07) is 16.4. The van der Waals surface area contributed by atoms with Gasteiger partial charge < -0.3 is 9.32 Å². The molecule has 0 bridgehead atoms. The van der Waals surface area contributed by atoms with Crippen LogP contribution in [0.4, 0.5) is 0 Å². The zero-order chi connectivity index (χ0) is 23.5. The van der Waals surface area contributed by atoms with Crippen LogP contribution in [0.15, 0.2) is 59.0 Å². The number of benzene rings is 2. The first kappa shape index (κ1) is 22.0. The Hall–Kier alpha value is -3.85. The fourth-order valence-corrected chi connectivity index (χ4v) is 4.33. The molecule has 0 saturated carbocycles. The maximum atomic E-state index is 12.7. The highest BCUT2D eigenvalue weighted by molar-refractivity contribution is 6.21. The van der Waals surface area contributed by atoms with Crippen LogP contribution in [-0.2, 0) is 11.2 Å². The molecule has 1 aromatic heterocycles. The standard InChI is InChI=1S/C25H25N5O4/c31-22(11-13-30-24(32)19-8-4-5-9-20(19)25(30)33)29-16-14-28(15-17-29)12-10-21-26-27-23(34-21)18-6-2-1-3-7-18/h1-9H,10-17H2. The third-order valence-corrected chi connectivity index (χ3v) is 6.28. The van der Waals surface area contributed by atoms with Gasteiger partial charge in [0.05, 0.1) is 11.1 Å². The first-order chi connectivity index (χ1) is 16.6. The molecule has 34 heavy (non-hydrogen) atoms. The minimum absolute atomic E-state index is 0.0411. The van der Waals surface area contributed by atoms with Gasteiger partial charge in [-0.3, -0.25) is 24.2 Å². The summed E-state index contributed by atoms with van der Waals surface area (Å²) >= 11 is 0. The van der Waals surface area contributed by atoms with Crippen LogP contribution in [-0.4, -0.2) is 81.9 Å². The van der Waals surface area contributed by atoms with Crippen molar-refractivity contribution in [1.82, 2.24) is 24.9 Å². The van der Waals surface area contributed by atoms with E-state index in [-0.39, 0.29) is 30.7 Å². The van der Waals surface area contributed by atoms with Crippen molar-refractivity contribution < 1.29 is 18.8 Å². The minimum atomic E-state index is -0.324. The Morgan fingerprint density at radius 2 is 1.47 bits per heavy atom. The molecule has 1 fully saturated rings. The van der Waals surface area contributed by atoms with Gasteiger partial charge >= 0.3 is 0 Å². The summed E-state index contributed by atoms with van der Waals surface area (Å²) < 4.78 is 5.77. The van der Waals surface area contributed by atoms with Crippen LogP contribution in [0.2, 0.25) is 0 Å². The lowest BCUT2D eigenvalue weighted by Gasteiger charge is -2.34. The first-order valence-corrected chi connectivity index (χ1v) is 11.4. The average Bonchev–Trinajstić information content (AvgIpc) is 3.45. The van der Waals surface area contributed by atoms with Crippen LogP contribution in [0, 0.1) is 0 Å². The van der Waals surface area contributed by atoms with Gasteiger partial charge in [-0.25, -0.2) is 0 Å². The van der Waals surface area contributed by atoms with Crippen molar-refractivity contribution in [2.45, 2.75) is 12.8 Å². The summed E-state index contributed by atoms with van der Waals surface area (Å²) in [4.78, 5) is 42.9. The van der Waals surface area contributed by atoms with Crippen LogP contribution in [0.5, 0.6) is 0 Å². The summed E-state index contributed by atoms with van der Waals surface area (Å²) in [5, 5.41) is 8.26. The van der Waals surface area contributed by atoms with Gasteiger partial charge in [0.1, 0.15) is 0 Å². The molecule has 3 heterocycles. The van der Waals surface area contributed by atoms with Crippen molar-refractivity contribution in [3.8, 4) is 11.5 Å². The number of rotatable bonds is 7. The lowest BCUT2D eigenvalue weighted by atomic mass is 10.1. The van der Waals surface area contributed by atoms with E-state index in [2.05, 4.69) is 15.1 Å².